The van der Waals surface area contributed by atoms with Gasteiger partial charge in [-0.3, -0.25) is 9.59 Å². The minimum absolute atomic E-state index is 0.146. The van der Waals surface area contributed by atoms with Crippen molar-refractivity contribution in [3.63, 3.8) is 0 Å². The van der Waals surface area contributed by atoms with Gasteiger partial charge < -0.3 is 15.4 Å². The molecule has 1 aliphatic rings. The number of hydrogen-bond acceptors (Lipinski definition) is 3. The summed E-state index contributed by atoms with van der Waals surface area (Å²) in [6, 6.07) is 4.38. The predicted molar refractivity (Wildman–Crippen MR) is 77.4 cm³/mol. The summed E-state index contributed by atoms with van der Waals surface area (Å²) in [5, 5.41) is 5.32. The Morgan fingerprint density at radius 2 is 2.00 bits per heavy atom. The van der Waals surface area contributed by atoms with Crippen LogP contribution in [0.25, 0.3) is 0 Å². The van der Waals surface area contributed by atoms with E-state index in [0.29, 0.717) is 0 Å². The molecule has 0 heterocycles. The zero-order valence-electron chi connectivity index (χ0n) is 11.9. The zero-order chi connectivity index (χ0) is 17.0. The second kappa shape index (κ2) is 7.18. The summed E-state index contributed by atoms with van der Waals surface area (Å²) < 4.78 is 40.0. The van der Waals surface area contributed by atoms with Crippen molar-refractivity contribution in [1.82, 2.24) is 5.32 Å². The second-order valence-corrected chi connectivity index (χ2v) is 5.51. The number of nitrogens with one attached hydrogen (secondary N) is 2. The Labute approximate surface area is 135 Å². The van der Waals surface area contributed by atoms with Crippen LogP contribution in [-0.4, -0.2) is 37.2 Å². The first-order valence-corrected chi connectivity index (χ1v) is 7.17. The van der Waals surface area contributed by atoms with Crippen molar-refractivity contribution in [3.05, 3.63) is 28.8 Å². The average Bonchev–Trinajstić information content (AvgIpc) is 3.23. The molecule has 1 aromatic rings. The number of benzene rings is 1. The molecule has 2 amide bonds. The topological polar surface area (TPSA) is 67.4 Å². The third kappa shape index (κ3) is 6.07. The van der Waals surface area contributed by atoms with E-state index < -0.39 is 25.3 Å². The van der Waals surface area contributed by atoms with Gasteiger partial charge in [-0.25, -0.2) is 0 Å². The summed E-state index contributed by atoms with van der Waals surface area (Å²) in [4.78, 5) is 23.5. The van der Waals surface area contributed by atoms with Crippen molar-refractivity contribution in [3.8, 4) is 0 Å². The monoisotopic (exact) mass is 350 g/mol. The van der Waals surface area contributed by atoms with Crippen molar-refractivity contribution in [1.29, 1.82) is 0 Å². The molecule has 0 saturated heterocycles. The van der Waals surface area contributed by atoms with Crippen molar-refractivity contribution < 1.29 is 27.5 Å². The van der Waals surface area contributed by atoms with E-state index in [1.165, 1.54) is 18.2 Å². The van der Waals surface area contributed by atoms with Gasteiger partial charge in [0.25, 0.3) is 5.91 Å². The molecule has 1 fully saturated rings. The summed E-state index contributed by atoms with van der Waals surface area (Å²) in [5.41, 5.74) is 0.434. The number of hydrogen-bond donors (Lipinski definition) is 2. The van der Waals surface area contributed by atoms with E-state index in [9.17, 15) is 22.8 Å². The first kappa shape index (κ1) is 17.6. The Bertz CT molecular complexity index is 603. The molecule has 5 nitrogen and oxygen atoms in total. The first-order chi connectivity index (χ1) is 10.7. The average molecular weight is 351 g/mol. The fraction of sp³-hybridized carbons (Fsp3) is 0.429. The summed E-state index contributed by atoms with van der Waals surface area (Å²) in [6.07, 6.45) is -2.67. The quantitative estimate of drug-likeness (QED) is 0.829. The Hall–Kier alpha value is -1.80. The molecular formula is C14H14ClF3N2O3. The van der Waals surface area contributed by atoms with E-state index in [1.54, 1.807) is 0 Å². The van der Waals surface area contributed by atoms with Gasteiger partial charge in [0.05, 0.1) is 10.6 Å². The molecule has 0 spiro atoms. The van der Waals surface area contributed by atoms with Crippen LogP contribution in [0.5, 0.6) is 0 Å². The number of carbonyl (C=O) groups is 2. The molecule has 1 aromatic carbocycles. The molecule has 23 heavy (non-hydrogen) atoms. The lowest BCUT2D eigenvalue weighted by Crippen LogP contribution is -2.26. The smallest absolute Gasteiger partial charge is 0.362 e. The summed E-state index contributed by atoms with van der Waals surface area (Å²) >= 11 is 5.94. The zero-order valence-corrected chi connectivity index (χ0v) is 12.6. The van der Waals surface area contributed by atoms with E-state index in [-0.39, 0.29) is 28.2 Å². The van der Waals surface area contributed by atoms with Crippen LogP contribution in [0.15, 0.2) is 18.2 Å². The molecule has 2 rings (SSSR count). The fourth-order valence-corrected chi connectivity index (χ4v) is 1.93. The summed E-state index contributed by atoms with van der Waals surface area (Å²) in [7, 11) is 0. The first-order valence-electron chi connectivity index (χ1n) is 6.79. The SMILES string of the molecule is O=C(COCC(F)(F)F)Nc1ccc(Cl)c(C(=O)NC2CC2)c1. The molecule has 0 aromatic heterocycles. The Balaban J connectivity index is 1.91. The molecule has 9 heteroatoms. The van der Waals surface area contributed by atoms with Gasteiger partial charge in [0, 0.05) is 11.7 Å². The number of ether oxygens (including phenoxy) is 1. The van der Waals surface area contributed by atoms with Gasteiger partial charge in [0.2, 0.25) is 5.91 Å². The van der Waals surface area contributed by atoms with Gasteiger partial charge in [0.1, 0.15) is 13.2 Å². The van der Waals surface area contributed by atoms with Gasteiger partial charge in [0.15, 0.2) is 0 Å². The molecule has 0 aliphatic heterocycles. The Kier molecular flexibility index (Phi) is 5.48. The van der Waals surface area contributed by atoms with Gasteiger partial charge in [-0.15, -0.1) is 0 Å². The summed E-state index contributed by atoms with van der Waals surface area (Å²) in [5.74, 6) is -1.12. The molecule has 1 saturated carbocycles. The van der Waals surface area contributed by atoms with Crippen molar-refractivity contribution in [2.24, 2.45) is 0 Å². The standard InChI is InChI=1S/C14H14ClF3N2O3/c15-11-4-3-9(5-10(11)13(22)20-8-1-2-8)19-12(21)6-23-7-14(16,17)18/h3-5,8H,1-2,6-7H2,(H,19,21)(H,20,22). The van der Waals surface area contributed by atoms with Gasteiger partial charge >= 0.3 is 6.18 Å². The number of rotatable bonds is 6. The Morgan fingerprint density at radius 1 is 1.30 bits per heavy atom. The second-order valence-electron chi connectivity index (χ2n) is 5.10. The highest BCUT2D eigenvalue weighted by atomic mass is 35.5. The largest absolute Gasteiger partial charge is 0.411 e. The van der Waals surface area contributed by atoms with Crippen molar-refractivity contribution >= 4 is 29.1 Å². The van der Waals surface area contributed by atoms with Crippen LogP contribution in [0, 0.1) is 0 Å². The maximum atomic E-state index is 12.0. The number of anilines is 1. The van der Waals surface area contributed by atoms with Gasteiger partial charge in [-0.2, -0.15) is 13.2 Å². The number of carbonyl (C=O) groups excluding carboxylic acids is 2. The van der Waals surface area contributed by atoms with Gasteiger partial charge in [-0.05, 0) is 31.0 Å². The molecule has 2 N–H and O–H groups in total. The van der Waals surface area contributed by atoms with Crippen LogP contribution in [0.3, 0.4) is 0 Å². The normalized spacial score (nSPS) is 14.4. The van der Waals surface area contributed by atoms with Crippen LogP contribution in [0.1, 0.15) is 23.2 Å². The predicted octanol–water partition coefficient (Wildman–Crippen LogP) is 2.75. The minimum Gasteiger partial charge on any atom is -0.362 e. The van der Waals surface area contributed by atoms with E-state index in [1.807, 2.05) is 0 Å². The highest BCUT2D eigenvalue weighted by molar-refractivity contribution is 6.34. The molecule has 126 valence electrons. The molecule has 0 bridgehead atoms. The maximum Gasteiger partial charge on any atom is 0.411 e. The highest BCUT2D eigenvalue weighted by Crippen LogP contribution is 2.24. The number of amides is 2. The minimum atomic E-state index is -4.49. The van der Waals surface area contributed by atoms with Crippen LogP contribution in [-0.2, 0) is 9.53 Å². The third-order valence-electron chi connectivity index (χ3n) is 2.91. The van der Waals surface area contributed by atoms with Crippen molar-refractivity contribution in [2.45, 2.75) is 25.1 Å². The van der Waals surface area contributed by atoms with Crippen LogP contribution in [0.2, 0.25) is 5.02 Å². The lowest BCUT2D eigenvalue weighted by Gasteiger charge is -2.10. The van der Waals surface area contributed by atoms with Crippen molar-refractivity contribution in [2.75, 3.05) is 18.5 Å². The van der Waals surface area contributed by atoms with Crippen LogP contribution >= 0.6 is 11.6 Å². The van der Waals surface area contributed by atoms with E-state index in [4.69, 9.17) is 11.6 Å². The molecule has 1 aliphatic carbocycles. The van der Waals surface area contributed by atoms with E-state index in [0.717, 1.165) is 12.8 Å². The third-order valence-corrected chi connectivity index (χ3v) is 3.24. The molecule has 0 unspecified atom stereocenters. The molecule has 0 radical (unpaired) electrons. The maximum absolute atomic E-state index is 12.0. The summed E-state index contributed by atoms with van der Waals surface area (Å²) in [6.45, 7) is -2.25. The molecular weight excluding hydrogens is 337 g/mol. The van der Waals surface area contributed by atoms with Crippen LogP contribution < -0.4 is 10.6 Å². The fourth-order valence-electron chi connectivity index (χ4n) is 1.72. The number of alkyl halides is 3. The molecule has 0 atom stereocenters. The van der Waals surface area contributed by atoms with Crippen LogP contribution in [0.4, 0.5) is 18.9 Å². The lowest BCUT2D eigenvalue weighted by atomic mass is 10.2. The van der Waals surface area contributed by atoms with E-state index in [2.05, 4.69) is 15.4 Å². The van der Waals surface area contributed by atoms with Gasteiger partial charge in [-0.1, -0.05) is 11.6 Å². The Morgan fingerprint density at radius 3 is 2.61 bits per heavy atom. The van der Waals surface area contributed by atoms with E-state index >= 15 is 0 Å². The lowest BCUT2D eigenvalue weighted by molar-refractivity contribution is -0.174. The highest BCUT2D eigenvalue weighted by Gasteiger charge is 2.28. The number of halogens is 4.